The number of nitrogens with zero attached hydrogens (tertiary/aromatic N) is 2. The zero-order chi connectivity index (χ0) is 20.3. The van der Waals surface area contributed by atoms with Gasteiger partial charge in [-0.3, -0.25) is 4.79 Å². The van der Waals surface area contributed by atoms with Gasteiger partial charge >= 0.3 is 6.18 Å². The first-order chi connectivity index (χ1) is 13.2. The average molecular weight is 396 g/mol. The van der Waals surface area contributed by atoms with Gasteiger partial charge in [-0.25, -0.2) is 4.39 Å². The number of amides is 1. The molecule has 0 bridgehead atoms. The minimum absolute atomic E-state index is 0.00407. The molecule has 2 aromatic rings. The minimum Gasteiger partial charge on any atom is -0.382 e. The van der Waals surface area contributed by atoms with E-state index in [1.165, 1.54) is 17.0 Å². The fourth-order valence-electron chi connectivity index (χ4n) is 3.24. The van der Waals surface area contributed by atoms with Gasteiger partial charge in [-0.2, -0.15) is 13.2 Å². The van der Waals surface area contributed by atoms with E-state index in [4.69, 9.17) is 0 Å². The number of alkyl halides is 3. The van der Waals surface area contributed by atoms with Crippen molar-refractivity contribution in [2.45, 2.75) is 31.8 Å². The number of aliphatic hydroxyl groups is 1. The Morgan fingerprint density at radius 1 is 1.07 bits per heavy atom. The fourth-order valence-corrected chi connectivity index (χ4v) is 3.24. The quantitative estimate of drug-likeness (QED) is 0.805. The summed E-state index contributed by atoms with van der Waals surface area (Å²) in [5.41, 5.74) is 1.69. The van der Waals surface area contributed by atoms with Gasteiger partial charge in [0.05, 0.1) is 6.54 Å². The van der Waals surface area contributed by atoms with Gasteiger partial charge < -0.3 is 14.9 Å². The number of anilines is 1. The molecule has 1 N–H and O–H groups in total. The summed E-state index contributed by atoms with van der Waals surface area (Å²) in [6, 6.07) is 13.1. The lowest BCUT2D eigenvalue weighted by molar-refractivity contribution is -0.200. The molecule has 0 saturated heterocycles. The smallest absolute Gasteiger partial charge is 0.382 e. The van der Waals surface area contributed by atoms with Crippen molar-refractivity contribution in [1.29, 1.82) is 0 Å². The lowest BCUT2D eigenvalue weighted by Gasteiger charge is -2.34. The van der Waals surface area contributed by atoms with Crippen LogP contribution in [0, 0.1) is 5.82 Å². The molecule has 0 aromatic heterocycles. The van der Waals surface area contributed by atoms with Gasteiger partial charge in [0.1, 0.15) is 5.82 Å². The molecule has 1 unspecified atom stereocenters. The van der Waals surface area contributed by atoms with Crippen molar-refractivity contribution in [2.75, 3.05) is 18.0 Å². The first-order valence-corrected chi connectivity index (χ1v) is 8.84. The van der Waals surface area contributed by atoms with E-state index in [0.29, 0.717) is 17.8 Å². The van der Waals surface area contributed by atoms with E-state index in [1.54, 1.807) is 4.90 Å². The standard InChI is InChI=1S/C20H20F4N2O2/c21-16-6-7-17-15(10-16)12-26(11-14-4-2-1-3-5-14)19(28)8-9-25(17)13-18(27)20(22,23)24/h1-7,10,18,27H,8-9,11-13H2. The molecule has 0 saturated carbocycles. The van der Waals surface area contributed by atoms with Crippen LogP contribution in [-0.4, -0.2) is 41.3 Å². The van der Waals surface area contributed by atoms with E-state index < -0.39 is 24.6 Å². The predicted molar refractivity (Wildman–Crippen MR) is 96.0 cm³/mol. The van der Waals surface area contributed by atoms with Crippen molar-refractivity contribution in [1.82, 2.24) is 4.90 Å². The third-order valence-corrected chi connectivity index (χ3v) is 4.68. The van der Waals surface area contributed by atoms with Gasteiger partial charge in [0.15, 0.2) is 6.10 Å². The van der Waals surface area contributed by atoms with Crippen LogP contribution in [0.15, 0.2) is 48.5 Å². The lowest BCUT2D eigenvalue weighted by Crippen LogP contribution is -2.44. The number of hydrogen-bond donors (Lipinski definition) is 1. The summed E-state index contributed by atoms with van der Waals surface area (Å²) >= 11 is 0. The Morgan fingerprint density at radius 2 is 1.79 bits per heavy atom. The Labute approximate surface area is 160 Å². The van der Waals surface area contributed by atoms with E-state index in [9.17, 15) is 27.5 Å². The van der Waals surface area contributed by atoms with Crippen molar-refractivity contribution in [3.8, 4) is 0 Å². The summed E-state index contributed by atoms with van der Waals surface area (Å²) in [6.45, 7) is -0.329. The average Bonchev–Trinajstić information content (AvgIpc) is 2.64. The second-order valence-corrected chi connectivity index (χ2v) is 6.76. The third kappa shape index (κ3) is 4.81. The SMILES string of the molecule is O=C1CCN(CC(O)C(F)(F)F)c2ccc(F)cc2CN1Cc1ccccc1. The van der Waals surface area contributed by atoms with Crippen molar-refractivity contribution in [2.24, 2.45) is 0 Å². The Balaban J connectivity index is 1.89. The summed E-state index contributed by atoms with van der Waals surface area (Å²) in [5, 5.41) is 9.46. The first-order valence-electron chi connectivity index (χ1n) is 8.84. The van der Waals surface area contributed by atoms with Gasteiger partial charge in [-0.15, -0.1) is 0 Å². The summed E-state index contributed by atoms with van der Waals surface area (Å²) in [7, 11) is 0. The molecule has 0 spiro atoms. The second kappa shape index (κ2) is 8.18. The molecule has 3 rings (SSSR count). The largest absolute Gasteiger partial charge is 0.416 e. The second-order valence-electron chi connectivity index (χ2n) is 6.76. The molecule has 1 amide bonds. The highest BCUT2D eigenvalue weighted by molar-refractivity contribution is 5.78. The van der Waals surface area contributed by atoms with Crippen LogP contribution in [0.5, 0.6) is 0 Å². The first kappa shape index (κ1) is 20.1. The summed E-state index contributed by atoms with van der Waals surface area (Å²) in [5.74, 6) is -0.784. The van der Waals surface area contributed by atoms with Gasteiger partial charge in [-0.1, -0.05) is 30.3 Å². The third-order valence-electron chi connectivity index (χ3n) is 4.68. The van der Waals surface area contributed by atoms with Crippen LogP contribution in [-0.2, 0) is 17.9 Å². The number of fused-ring (bicyclic) bond motifs is 1. The van der Waals surface area contributed by atoms with Gasteiger partial charge in [-0.05, 0) is 29.3 Å². The number of carbonyl (C=O) groups is 1. The maximum atomic E-state index is 13.8. The van der Waals surface area contributed by atoms with E-state index in [0.717, 1.165) is 11.6 Å². The number of benzene rings is 2. The molecule has 0 fully saturated rings. The molecule has 0 aliphatic carbocycles. The fraction of sp³-hybridized carbons (Fsp3) is 0.350. The highest BCUT2D eigenvalue weighted by atomic mass is 19.4. The zero-order valence-corrected chi connectivity index (χ0v) is 15.0. The monoisotopic (exact) mass is 396 g/mol. The predicted octanol–water partition coefficient (Wildman–Crippen LogP) is 3.49. The summed E-state index contributed by atoms with van der Waals surface area (Å²) in [4.78, 5) is 15.5. The van der Waals surface area contributed by atoms with E-state index in [-0.39, 0.29) is 25.4 Å². The molecule has 4 nitrogen and oxygen atoms in total. The van der Waals surface area contributed by atoms with Crippen LogP contribution in [0.2, 0.25) is 0 Å². The van der Waals surface area contributed by atoms with E-state index in [1.807, 2.05) is 30.3 Å². The van der Waals surface area contributed by atoms with Gasteiger partial charge in [0.2, 0.25) is 5.91 Å². The van der Waals surface area contributed by atoms with Crippen LogP contribution in [0.3, 0.4) is 0 Å². The number of rotatable bonds is 4. The molecule has 2 aromatic carbocycles. The van der Waals surface area contributed by atoms with Crippen LogP contribution >= 0.6 is 0 Å². The number of β-amino-alcohol motifs (C(OH)–C–C–N with tert-alkyl or cyclic N) is 1. The molecule has 8 heteroatoms. The Morgan fingerprint density at radius 3 is 2.46 bits per heavy atom. The van der Waals surface area contributed by atoms with Crippen molar-refractivity contribution in [3.05, 3.63) is 65.5 Å². The molecule has 28 heavy (non-hydrogen) atoms. The van der Waals surface area contributed by atoms with Crippen molar-refractivity contribution in [3.63, 3.8) is 0 Å². The Bertz CT molecular complexity index is 827. The molecule has 1 atom stereocenters. The zero-order valence-electron chi connectivity index (χ0n) is 15.0. The van der Waals surface area contributed by atoms with Crippen molar-refractivity contribution < 1.29 is 27.5 Å². The highest BCUT2D eigenvalue weighted by Crippen LogP contribution is 2.29. The van der Waals surface area contributed by atoms with Gasteiger partial charge in [0, 0.05) is 31.7 Å². The Kier molecular flexibility index (Phi) is 5.88. The van der Waals surface area contributed by atoms with Crippen LogP contribution in [0.4, 0.5) is 23.2 Å². The molecule has 1 aliphatic rings. The van der Waals surface area contributed by atoms with Crippen LogP contribution in [0.1, 0.15) is 17.5 Å². The number of hydrogen-bond acceptors (Lipinski definition) is 3. The lowest BCUT2D eigenvalue weighted by atomic mass is 10.1. The highest BCUT2D eigenvalue weighted by Gasteiger charge is 2.40. The molecule has 1 heterocycles. The van der Waals surface area contributed by atoms with E-state index >= 15 is 0 Å². The minimum atomic E-state index is -4.77. The van der Waals surface area contributed by atoms with Crippen molar-refractivity contribution >= 4 is 11.6 Å². The number of carbonyl (C=O) groups excluding carboxylic acids is 1. The maximum Gasteiger partial charge on any atom is 0.416 e. The molecular formula is C20H20F4N2O2. The summed E-state index contributed by atoms with van der Waals surface area (Å²) in [6.07, 6.45) is -7.33. The molecular weight excluding hydrogens is 376 g/mol. The topological polar surface area (TPSA) is 43.8 Å². The van der Waals surface area contributed by atoms with E-state index in [2.05, 4.69) is 0 Å². The molecule has 1 aliphatic heterocycles. The maximum absolute atomic E-state index is 13.8. The van der Waals surface area contributed by atoms with Crippen LogP contribution in [0.25, 0.3) is 0 Å². The number of aliphatic hydroxyl groups excluding tert-OH is 1. The van der Waals surface area contributed by atoms with Gasteiger partial charge in [0.25, 0.3) is 0 Å². The normalized spacial score (nSPS) is 16.4. The number of halogens is 4. The van der Waals surface area contributed by atoms with Crippen LogP contribution < -0.4 is 4.90 Å². The summed E-state index contributed by atoms with van der Waals surface area (Å²) < 4.78 is 52.2. The molecule has 0 radical (unpaired) electrons. The Hall–Kier alpha value is -2.61. The molecule has 150 valence electrons.